The molecular weight excluding hydrogens is 336 g/mol. The van der Waals surface area contributed by atoms with Crippen molar-refractivity contribution in [2.24, 2.45) is 0 Å². The molecule has 0 saturated heterocycles. The molecule has 25 heavy (non-hydrogen) atoms. The number of sulfonamides is 1. The van der Waals surface area contributed by atoms with Crippen LogP contribution >= 0.6 is 0 Å². The molecule has 5 nitrogen and oxygen atoms in total. The van der Waals surface area contributed by atoms with Gasteiger partial charge in [-0.05, 0) is 60.7 Å². The first kappa shape index (κ1) is 17.9. The van der Waals surface area contributed by atoms with E-state index in [1.807, 2.05) is 39.1 Å². The predicted molar refractivity (Wildman–Crippen MR) is 99.5 cm³/mol. The topological polar surface area (TPSA) is 69.6 Å². The highest BCUT2D eigenvalue weighted by molar-refractivity contribution is 7.89. The lowest BCUT2D eigenvalue weighted by atomic mass is 10.0. The number of fused-ring (bicyclic) bond motifs is 1. The molecule has 2 aromatic carbocycles. The summed E-state index contributed by atoms with van der Waals surface area (Å²) in [7, 11) is -1.60. The fourth-order valence-electron chi connectivity index (χ4n) is 3.06. The summed E-state index contributed by atoms with van der Waals surface area (Å²) in [4.78, 5) is 2.40. The fraction of sp³-hybridized carbons (Fsp3) is 0.368. The summed E-state index contributed by atoms with van der Waals surface area (Å²) in [5, 5.41) is 10.4. The van der Waals surface area contributed by atoms with E-state index < -0.39 is 16.1 Å². The van der Waals surface area contributed by atoms with Crippen LogP contribution in [-0.2, 0) is 16.4 Å². The molecule has 1 aliphatic heterocycles. The Morgan fingerprint density at radius 2 is 1.92 bits per heavy atom. The summed E-state index contributed by atoms with van der Waals surface area (Å²) >= 11 is 0. The maximum absolute atomic E-state index is 12.4. The van der Waals surface area contributed by atoms with Crippen LogP contribution in [0.5, 0.6) is 0 Å². The zero-order valence-electron chi connectivity index (χ0n) is 14.8. The zero-order chi connectivity index (χ0) is 18.2. The lowest BCUT2D eigenvalue weighted by Crippen LogP contribution is -2.28. The number of rotatable bonds is 5. The van der Waals surface area contributed by atoms with Gasteiger partial charge in [0.05, 0.1) is 11.0 Å². The van der Waals surface area contributed by atoms with Gasteiger partial charge in [0.25, 0.3) is 0 Å². The molecule has 0 saturated carbocycles. The van der Waals surface area contributed by atoms with Crippen LogP contribution in [0.15, 0.2) is 41.3 Å². The van der Waals surface area contributed by atoms with Gasteiger partial charge in [-0.25, -0.2) is 13.1 Å². The minimum atomic E-state index is -3.64. The van der Waals surface area contributed by atoms with E-state index in [9.17, 15) is 13.5 Å². The number of aliphatic hydroxyl groups is 1. The van der Waals surface area contributed by atoms with Crippen molar-refractivity contribution < 1.29 is 13.5 Å². The third-order valence-electron chi connectivity index (χ3n) is 4.87. The first-order valence-electron chi connectivity index (χ1n) is 8.37. The highest BCUT2D eigenvalue weighted by Crippen LogP contribution is 2.29. The molecule has 0 spiro atoms. The Balaban J connectivity index is 1.71. The average molecular weight is 360 g/mol. The van der Waals surface area contributed by atoms with Gasteiger partial charge in [-0.1, -0.05) is 18.2 Å². The Morgan fingerprint density at radius 1 is 1.16 bits per heavy atom. The van der Waals surface area contributed by atoms with Crippen LogP contribution in [0.3, 0.4) is 0 Å². The Hall–Kier alpha value is -1.89. The number of anilines is 1. The van der Waals surface area contributed by atoms with E-state index in [4.69, 9.17) is 0 Å². The number of hydrogen-bond acceptors (Lipinski definition) is 4. The van der Waals surface area contributed by atoms with E-state index in [1.54, 1.807) is 18.2 Å². The van der Waals surface area contributed by atoms with Crippen molar-refractivity contribution in [2.75, 3.05) is 25.0 Å². The molecule has 0 amide bonds. The second kappa shape index (κ2) is 6.78. The fourth-order valence-corrected chi connectivity index (χ4v) is 4.19. The number of aryl methyl sites for hydroxylation is 2. The third kappa shape index (κ3) is 3.71. The van der Waals surface area contributed by atoms with Crippen molar-refractivity contribution in [1.82, 2.24) is 4.72 Å². The molecule has 134 valence electrons. The van der Waals surface area contributed by atoms with E-state index in [-0.39, 0.29) is 11.4 Å². The Morgan fingerprint density at radius 3 is 2.64 bits per heavy atom. The van der Waals surface area contributed by atoms with Gasteiger partial charge >= 0.3 is 0 Å². The van der Waals surface area contributed by atoms with E-state index >= 15 is 0 Å². The smallest absolute Gasteiger partial charge is 0.240 e. The van der Waals surface area contributed by atoms with Crippen LogP contribution in [0.25, 0.3) is 0 Å². The molecule has 1 heterocycles. The number of benzene rings is 2. The molecule has 0 fully saturated rings. The van der Waals surface area contributed by atoms with Gasteiger partial charge in [0.2, 0.25) is 10.0 Å². The molecule has 6 heteroatoms. The van der Waals surface area contributed by atoms with Gasteiger partial charge in [0, 0.05) is 25.8 Å². The van der Waals surface area contributed by atoms with Crippen LogP contribution < -0.4 is 9.62 Å². The van der Waals surface area contributed by atoms with Crippen molar-refractivity contribution in [3.05, 3.63) is 58.7 Å². The van der Waals surface area contributed by atoms with Crippen molar-refractivity contribution in [3.63, 3.8) is 0 Å². The van der Waals surface area contributed by atoms with Gasteiger partial charge in [-0.3, -0.25) is 0 Å². The predicted octanol–water partition coefficient (Wildman–Crippen LogP) is 2.31. The largest absolute Gasteiger partial charge is 0.387 e. The second-order valence-electron chi connectivity index (χ2n) is 6.67. The highest BCUT2D eigenvalue weighted by Gasteiger charge is 2.20. The van der Waals surface area contributed by atoms with Crippen molar-refractivity contribution in [1.29, 1.82) is 0 Å². The standard InChI is InChI=1S/C19H24N2O3S/c1-13-4-6-17(10-14(13)2)25(23,24)20-12-19(22)16-5-7-18-15(11-16)8-9-21(18)3/h4-7,10-11,19-20,22H,8-9,12H2,1-3H3. The number of aliphatic hydroxyl groups excluding tert-OH is 1. The van der Waals surface area contributed by atoms with Gasteiger partial charge in [-0.2, -0.15) is 0 Å². The van der Waals surface area contributed by atoms with E-state index in [0.29, 0.717) is 0 Å². The Kier molecular flexibility index (Phi) is 4.86. The molecule has 2 aromatic rings. The molecule has 1 unspecified atom stereocenters. The van der Waals surface area contributed by atoms with Crippen molar-refractivity contribution in [2.45, 2.75) is 31.3 Å². The van der Waals surface area contributed by atoms with E-state index in [1.165, 1.54) is 11.3 Å². The summed E-state index contributed by atoms with van der Waals surface area (Å²) in [5.41, 5.74) is 5.06. The molecule has 1 aliphatic rings. The Bertz CT molecular complexity index is 894. The lowest BCUT2D eigenvalue weighted by Gasteiger charge is -2.16. The maximum Gasteiger partial charge on any atom is 0.240 e. The van der Waals surface area contributed by atoms with Crippen LogP contribution in [-0.4, -0.2) is 33.7 Å². The third-order valence-corrected chi connectivity index (χ3v) is 6.29. The number of likely N-dealkylation sites (N-methyl/N-ethyl adjacent to an activating group) is 1. The number of nitrogens with one attached hydrogen (secondary N) is 1. The Labute approximate surface area is 149 Å². The van der Waals surface area contributed by atoms with Gasteiger partial charge in [0.1, 0.15) is 0 Å². The number of hydrogen-bond donors (Lipinski definition) is 2. The maximum atomic E-state index is 12.4. The van der Waals surface area contributed by atoms with Gasteiger partial charge in [-0.15, -0.1) is 0 Å². The quantitative estimate of drug-likeness (QED) is 0.858. The first-order valence-corrected chi connectivity index (χ1v) is 9.85. The summed E-state index contributed by atoms with van der Waals surface area (Å²) in [6.07, 6.45) is 0.0679. The summed E-state index contributed by atoms with van der Waals surface area (Å²) in [6, 6.07) is 10.8. The van der Waals surface area contributed by atoms with Crippen molar-refractivity contribution in [3.8, 4) is 0 Å². The zero-order valence-corrected chi connectivity index (χ0v) is 15.6. The molecule has 1 atom stereocenters. The normalized spacial score (nSPS) is 15.3. The molecule has 3 rings (SSSR count). The highest BCUT2D eigenvalue weighted by atomic mass is 32.2. The molecule has 0 aliphatic carbocycles. The van der Waals surface area contributed by atoms with Crippen LogP contribution in [0.1, 0.15) is 28.4 Å². The SMILES string of the molecule is Cc1ccc(S(=O)(=O)NCC(O)c2ccc3c(c2)CCN3C)cc1C. The number of nitrogens with zero attached hydrogens (tertiary/aromatic N) is 1. The van der Waals surface area contributed by atoms with Crippen LogP contribution in [0, 0.1) is 13.8 Å². The summed E-state index contributed by atoms with van der Waals surface area (Å²) < 4.78 is 27.4. The van der Waals surface area contributed by atoms with Gasteiger partial charge in [0.15, 0.2) is 0 Å². The monoisotopic (exact) mass is 360 g/mol. The molecular formula is C19H24N2O3S. The van der Waals surface area contributed by atoms with Crippen molar-refractivity contribution >= 4 is 15.7 Å². The van der Waals surface area contributed by atoms with E-state index in [2.05, 4.69) is 9.62 Å². The van der Waals surface area contributed by atoms with Gasteiger partial charge < -0.3 is 10.0 Å². The van der Waals surface area contributed by atoms with E-state index in [0.717, 1.165) is 29.7 Å². The molecule has 0 radical (unpaired) electrons. The molecule has 0 bridgehead atoms. The first-order chi connectivity index (χ1) is 11.8. The summed E-state index contributed by atoms with van der Waals surface area (Å²) in [6.45, 7) is 4.73. The molecule has 2 N–H and O–H groups in total. The average Bonchev–Trinajstić information content (AvgIpc) is 2.95. The second-order valence-corrected chi connectivity index (χ2v) is 8.44. The minimum absolute atomic E-state index is 0.0517. The lowest BCUT2D eigenvalue weighted by molar-refractivity contribution is 0.182. The summed E-state index contributed by atoms with van der Waals surface area (Å²) in [5.74, 6) is 0. The minimum Gasteiger partial charge on any atom is -0.387 e. The van der Waals surface area contributed by atoms with Crippen LogP contribution in [0.2, 0.25) is 0 Å². The van der Waals surface area contributed by atoms with Crippen LogP contribution in [0.4, 0.5) is 5.69 Å². The molecule has 0 aromatic heterocycles.